The van der Waals surface area contributed by atoms with Crippen molar-refractivity contribution < 1.29 is 9.50 Å². The van der Waals surface area contributed by atoms with Crippen molar-refractivity contribution >= 4 is 23.4 Å². The molecule has 1 nitrogen and oxygen atoms in total. The van der Waals surface area contributed by atoms with Crippen molar-refractivity contribution in [2.24, 2.45) is 0 Å². The molecule has 0 radical (unpaired) electrons. The summed E-state index contributed by atoms with van der Waals surface area (Å²) in [5.74, 6) is 1.35. The van der Waals surface area contributed by atoms with Crippen LogP contribution < -0.4 is 0 Å². The minimum Gasteiger partial charge on any atom is -0.396 e. The molecule has 78 valence electrons. The maximum Gasteiger partial charge on any atom is 0.124 e. The number of hydrogen-bond acceptors (Lipinski definition) is 2. The topological polar surface area (TPSA) is 20.2 Å². The highest BCUT2D eigenvalue weighted by molar-refractivity contribution is 7.98. The molecule has 0 aliphatic heterocycles. The van der Waals surface area contributed by atoms with E-state index in [0.29, 0.717) is 5.02 Å². The van der Waals surface area contributed by atoms with E-state index in [0.717, 1.165) is 23.5 Å². The van der Waals surface area contributed by atoms with Crippen molar-refractivity contribution in [1.29, 1.82) is 0 Å². The molecular weight excluding hydrogens is 223 g/mol. The third kappa shape index (κ3) is 3.86. The molecule has 0 unspecified atom stereocenters. The van der Waals surface area contributed by atoms with E-state index in [9.17, 15) is 4.39 Å². The molecule has 0 bridgehead atoms. The van der Waals surface area contributed by atoms with Gasteiger partial charge in [0.2, 0.25) is 0 Å². The van der Waals surface area contributed by atoms with Crippen molar-refractivity contribution in [2.75, 3.05) is 12.4 Å². The van der Waals surface area contributed by atoms with Crippen molar-refractivity contribution in [3.8, 4) is 0 Å². The van der Waals surface area contributed by atoms with Crippen molar-refractivity contribution in [1.82, 2.24) is 0 Å². The second-order valence-electron chi connectivity index (χ2n) is 2.87. The van der Waals surface area contributed by atoms with E-state index in [-0.39, 0.29) is 12.4 Å². The summed E-state index contributed by atoms with van der Waals surface area (Å²) >= 11 is 7.52. The highest BCUT2D eigenvalue weighted by atomic mass is 35.5. The van der Waals surface area contributed by atoms with Crippen LogP contribution in [0.5, 0.6) is 0 Å². The van der Waals surface area contributed by atoms with Gasteiger partial charge in [0.1, 0.15) is 5.82 Å². The molecular formula is C10H12ClFOS. The molecule has 1 aromatic rings. The van der Waals surface area contributed by atoms with Gasteiger partial charge in [0.15, 0.2) is 0 Å². The normalized spacial score (nSPS) is 10.5. The van der Waals surface area contributed by atoms with Crippen LogP contribution in [0.2, 0.25) is 5.02 Å². The van der Waals surface area contributed by atoms with Gasteiger partial charge in [0.25, 0.3) is 0 Å². The van der Waals surface area contributed by atoms with Gasteiger partial charge in [-0.2, -0.15) is 11.8 Å². The van der Waals surface area contributed by atoms with Crippen LogP contribution in [0, 0.1) is 5.82 Å². The molecule has 1 N–H and O–H groups in total. The standard InChI is InChI=1S/C10H12ClFOS/c11-10-6-9(12)3-2-8(10)7-14-5-1-4-13/h2-3,6,13H,1,4-5,7H2. The third-order valence-electron chi connectivity index (χ3n) is 1.72. The summed E-state index contributed by atoms with van der Waals surface area (Å²) < 4.78 is 12.7. The summed E-state index contributed by atoms with van der Waals surface area (Å²) in [5.41, 5.74) is 0.941. The van der Waals surface area contributed by atoms with E-state index >= 15 is 0 Å². The molecule has 1 rings (SSSR count). The van der Waals surface area contributed by atoms with Gasteiger partial charge in [-0.1, -0.05) is 17.7 Å². The molecule has 0 spiro atoms. The average Bonchev–Trinajstić information content (AvgIpc) is 2.15. The molecule has 0 aliphatic carbocycles. The van der Waals surface area contributed by atoms with Gasteiger partial charge in [0, 0.05) is 17.4 Å². The van der Waals surface area contributed by atoms with Gasteiger partial charge in [-0.15, -0.1) is 0 Å². The van der Waals surface area contributed by atoms with E-state index in [1.807, 2.05) is 0 Å². The van der Waals surface area contributed by atoms with Gasteiger partial charge in [-0.05, 0) is 29.9 Å². The summed E-state index contributed by atoms with van der Waals surface area (Å²) in [5, 5.41) is 9.04. The monoisotopic (exact) mass is 234 g/mol. The summed E-state index contributed by atoms with van der Waals surface area (Å²) in [6, 6.07) is 4.43. The number of thioether (sulfide) groups is 1. The minimum absolute atomic E-state index is 0.212. The number of rotatable bonds is 5. The molecule has 0 fully saturated rings. The SMILES string of the molecule is OCCCSCc1ccc(F)cc1Cl. The van der Waals surface area contributed by atoms with Crippen LogP contribution in [0.1, 0.15) is 12.0 Å². The van der Waals surface area contributed by atoms with Gasteiger partial charge in [-0.3, -0.25) is 0 Å². The fourth-order valence-electron chi connectivity index (χ4n) is 0.987. The summed E-state index contributed by atoms with van der Waals surface area (Å²) in [6.07, 6.45) is 0.781. The number of benzene rings is 1. The Morgan fingerprint density at radius 1 is 1.43 bits per heavy atom. The quantitative estimate of drug-likeness (QED) is 0.791. The Labute approximate surface area is 92.3 Å². The molecule has 0 aromatic heterocycles. The number of hydrogen-bond donors (Lipinski definition) is 1. The molecule has 1 aromatic carbocycles. The van der Waals surface area contributed by atoms with Gasteiger partial charge >= 0.3 is 0 Å². The summed E-state index contributed by atoms with van der Waals surface area (Å²) in [7, 11) is 0. The maximum absolute atomic E-state index is 12.7. The molecule has 14 heavy (non-hydrogen) atoms. The Kier molecular flexibility index (Phi) is 5.30. The Morgan fingerprint density at radius 2 is 2.21 bits per heavy atom. The van der Waals surface area contributed by atoms with Crippen LogP contribution in [0.25, 0.3) is 0 Å². The Hall–Kier alpha value is -0.250. The molecule has 0 aliphatic rings. The second kappa shape index (κ2) is 6.27. The van der Waals surface area contributed by atoms with Crippen molar-refractivity contribution in [2.45, 2.75) is 12.2 Å². The smallest absolute Gasteiger partial charge is 0.124 e. The molecule has 0 saturated heterocycles. The third-order valence-corrected chi connectivity index (χ3v) is 3.16. The minimum atomic E-state index is -0.306. The Morgan fingerprint density at radius 3 is 2.86 bits per heavy atom. The lowest BCUT2D eigenvalue weighted by molar-refractivity contribution is 0.296. The van der Waals surface area contributed by atoms with E-state index in [1.54, 1.807) is 17.8 Å². The van der Waals surface area contributed by atoms with E-state index in [4.69, 9.17) is 16.7 Å². The summed E-state index contributed by atoms with van der Waals surface area (Å²) in [6.45, 7) is 0.212. The maximum atomic E-state index is 12.7. The zero-order valence-electron chi connectivity index (χ0n) is 7.67. The van der Waals surface area contributed by atoms with Gasteiger partial charge in [-0.25, -0.2) is 4.39 Å². The zero-order chi connectivity index (χ0) is 10.4. The number of aliphatic hydroxyl groups excluding tert-OH is 1. The fourth-order valence-corrected chi connectivity index (χ4v) is 2.25. The first-order chi connectivity index (χ1) is 6.74. The van der Waals surface area contributed by atoms with Crippen LogP contribution in [0.3, 0.4) is 0 Å². The van der Waals surface area contributed by atoms with Crippen LogP contribution >= 0.6 is 23.4 Å². The average molecular weight is 235 g/mol. The predicted molar refractivity (Wildman–Crippen MR) is 59.3 cm³/mol. The Balaban J connectivity index is 2.42. The van der Waals surface area contributed by atoms with Gasteiger partial charge in [0.05, 0.1) is 0 Å². The summed E-state index contributed by atoms with van der Waals surface area (Å²) in [4.78, 5) is 0. The number of aliphatic hydroxyl groups is 1. The van der Waals surface area contributed by atoms with E-state index < -0.39 is 0 Å². The molecule has 0 atom stereocenters. The highest BCUT2D eigenvalue weighted by Gasteiger charge is 2.01. The van der Waals surface area contributed by atoms with E-state index in [1.165, 1.54) is 12.1 Å². The second-order valence-corrected chi connectivity index (χ2v) is 4.38. The first kappa shape index (κ1) is 11.8. The van der Waals surface area contributed by atoms with Crippen molar-refractivity contribution in [3.63, 3.8) is 0 Å². The molecule has 0 heterocycles. The first-order valence-corrected chi connectivity index (χ1v) is 5.90. The molecule has 0 amide bonds. The lowest BCUT2D eigenvalue weighted by Gasteiger charge is -2.03. The predicted octanol–water partition coefficient (Wildman–Crippen LogP) is 3.09. The number of halogens is 2. The van der Waals surface area contributed by atoms with Crippen LogP contribution in [-0.2, 0) is 5.75 Å². The fraction of sp³-hybridized carbons (Fsp3) is 0.400. The molecule has 4 heteroatoms. The Bertz CT molecular complexity index is 293. The molecule has 0 saturated carbocycles. The zero-order valence-corrected chi connectivity index (χ0v) is 9.24. The van der Waals surface area contributed by atoms with Crippen LogP contribution in [0.4, 0.5) is 4.39 Å². The van der Waals surface area contributed by atoms with Crippen molar-refractivity contribution in [3.05, 3.63) is 34.6 Å². The van der Waals surface area contributed by atoms with Gasteiger partial charge < -0.3 is 5.11 Å². The van der Waals surface area contributed by atoms with E-state index in [2.05, 4.69) is 0 Å². The van der Waals surface area contributed by atoms with Crippen LogP contribution in [-0.4, -0.2) is 17.5 Å². The van der Waals surface area contributed by atoms with Crippen LogP contribution in [0.15, 0.2) is 18.2 Å². The first-order valence-electron chi connectivity index (χ1n) is 4.36. The highest BCUT2D eigenvalue weighted by Crippen LogP contribution is 2.22. The lowest BCUT2D eigenvalue weighted by atomic mass is 10.2. The lowest BCUT2D eigenvalue weighted by Crippen LogP contribution is -1.89. The largest absolute Gasteiger partial charge is 0.396 e.